The number of aliphatic hydroxyl groups excluding tert-OH is 1. The number of carbonyl (C=O) groups excluding carboxylic acids is 1. The van der Waals surface area contributed by atoms with E-state index in [-0.39, 0.29) is 12.5 Å². The molecule has 1 heterocycles. The highest BCUT2D eigenvalue weighted by Gasteiger charge is 2.32. The summed E-state index contributed by atoms with van der Waals surface area (Å²) in [6.45, 7) is 2.93. The maximum absolute atomic E-state index is 11.9. The van der Waals surface area contributed by atoms with Crippen molar-refractivity contribution in [2.75, 3.05) is 20.2 Å². The summed E-state index contributed by atoms with van der Waals surface area (Å²) in [6, 6.07) is 5.34. The summed E-state index contributed by atoms with van der Waals surface area (Å²) >= 11 is 0. The molecule has 19 heavy (non-hydrogen) atoms. The van der Waals surface area contributed by atoms with E-state index < -0.39 is 6.10 Å². The zero-order valence-electron chi connectivity index (χ0n) is 11.3. The lowest BCUT2D eigenvalue weighted by Crippen LogP contribution is -2.29. The molecule has 1 N–H and O–H groups in total. The third kappa shape index (κ3) is 2.81. The van der Waals surface area contributed by atoms with Gasteiger partial charge in [-0.25, -0.2) is 0 Å². The van der Waals surface area contributed by atoms with Crippen molar-refractivity contribution in [3.8, 4) is 11.5 Å². The van der Waals surface area contributed by atoms with Gasteiger partial charge in [0.25, 0.3) is 5.91 Å². The van der Waals surface area contributed by atoms with Crippen molar-refractivity contribution in [2.45, 2.75) is 26.1 Å². The van der Waals surface area contributed by atoms with Crippen LogP contribution in [0.2, 0.25) is 0 Å². The molecule has 0 bridgehead atoms. The predicted octanol–water partition coefficient (Wildman–Crippen LogP) is 1.19. The molecule has 5 heteroatoms. The van der Waals surface area contributed by atoms with E-state index in [9.17, 15) is 9.90 Å². The summed E-state index contributed by atoms with van der Waals surface area (Å²) in [6.07, 6.45) is 0.164. The summed E-state index contributed by atoms with van der Waals surface area (Å²) < 4.78 is 11.3. The smallest absolute Gasteiger partial charge is 0.263 e. The third-order valence-corrected chi connectivity index (χ3v) is 3.17. The van der Waals surface area contributed by atoms with E-state index in [2.05, 4.69) is 0 Å². The summed E-state index contributed by atoms with van der Waals surface area (Å²) in [5, 5.41) is 9.37. The first-order valence-corrected chi connectivity index (χ1v) is 6.44. The van der Waals surface area contributed by atoms with Crippen molar-refractivity contribution in [3.05, 3.63) is 23.8 Å². The van der Waals surface area contributed by atoms with E-state index in [0.717, 1.165) is 0 Å². The second kappa shape index (κ2) is 5.93. The topological polar surface area (TPSA) is 59.0 Å². The van der Waals surface area contributed by atoms with Gasteiger partial charge < -0.3 is 19.5 Å². The van der Waals surface area contributed by atoms with Gasteiger partial charge in [0.2, 0.25) is 0 Å². The van der Waals surface area contributed by atoms with Crippen LogP contribution < -0.4 is 9.47 Å². The normalized spacial score (nSPS) is 18.8. The van der Waals surface area contributed by atoms with Gasteiger partial charge >= 0.3 is 0 Å². The van der Waals surface area contributed by atoms with E-state index in [1.807, 2.05) is 6.92 Å². The monoisotopic (exact) mass is 265 g/mol. The SMILES string of the molecule is CCOc1cccc(CO)c1OC1CCN(C)C1=O. The molecule has 0 aliphatic carbocycles. The first kappa shape index (κ1) is 13.7. The Bertz CT molecular complexity index is 461. The molecule has 104 valence electrons. The number of nitrogens with zero attached hydrogens (tertiary/aromatic N) is 1. The number of carbonyl (C=O) groups is 1. The van der Waals surface area contributed by atoms with Gasteiger partial charge in [0.15, 0.2) is 17.6 Å². The summed E-state index contributed by atoms with van der Waals surface area (Å²) in [5.41, 5.74) is 0.633. The van der Waals surface area contributed by atoms with Crippen LogP contribution in [0, 0.1) is 0 Å². The lowest BCUT2D eigenvalue weighted by atomic mass is 10.2. The summed E-state index contributed by atoms with van der Waals surface area (Å²) in [4.78, 5) is 13.5. The average molecular weight is 265 g/mol. The van der Waals surface area contributed by atoms with Gasteiger partial charge in [0.05, 0.1) is 13.2 Å². The molecule has 5 nitrogen and oxygen atoms in total. The number of benzene rings is 1. The maximum Gasteiger partial charge on any atom is 0.263 e. The molecule has 1 amide bonds. The maximum atomic E-state index is 11.9. The Morgan fingerprint density at radius 2 is 2.26 bits per heavy atom. The zero-order valence-corrected chi connectivity index (χ0v) is 11.3. The molecule has 1 unspecified atom stereocenters. The van der Waals surface area contributed by atoms with E-state index in [1.54, 1.807) is 30.1 Å². The predicted molar refractivity (Wildman–Crippen MR) is 70.2 cm³/mol. The first-order chi connectivity index (χ1) is 9.17. The second-order valence-corrected chi connectivity index (χ2v) is 4.49. The third-order valence-electron chi connectivity index (χ3n) is 3.17. The van der Waals surface area contributed by atoms with Crippen molar-refractivity contribution >= 4 is 5.91 Å². The Morgan fingerprint density at radius 3 is 2.84 bits per heavy atom. The minimum absolute atomic E-state index is 0.0322. The summed E-state index contributed by atoms with van der Waals surface area (Å²) in [7, 11) is 1.76. The molecule has 1 saturated heterocycles. The fourth-order valence-electron chi connectivity index (χ4n) is 2.13. The average Bonchev–Trinajstić information content (AvgIpc) is 2.73. The Labute approximate surface area is 112 Å². The molecule has 0 radical (unpaired) electrons. The molecular formula is C14H19NO4. The number of rotatable bonds is 5. The van der Waals surface area contributed by atoms with E-state index >= 15 is 0 Å². The Balaban J connectivity index is 2.25. The van der Waals surface area contributed by atoms with Gasteiger partial charge in [0.1, 0.15) is 0 Å². The molecular weight excluding hydrogens is 246 g/mol. The fraction of sp³-hybridized carbons (Fsp3) is 0.500. The van der Waals surface area contributed by atoms with Crippen molar-refractivity contribution in [3.63, 3.8) is 0 Å². The lowest BCUT2D eigenvalue weighted by Gasteiger charge is -2.18. The molecule has 1 fully saturated rings. The highest BCUT2D eigenvalue weighted by Crippen LogP contribution is 2.33. The standard InChI is InChI=1S/C14H19NO4/c1-3-18-11-6-4-5-10(9-16)13(11)19-12-7-8-15(2)14(12)17/h4-6,12,16H,3,7-9H2,1-2H3. The van der Waals surface area contributed by atoms with Crippen molar-refractivity contribution in [2.24, 2.45) is 0 Å². The second-order valence-electron chi connectivity index (χ2n) is 4.49. The Kier molecular flexibility index (Phi) is 4.27. The van der Waals surface area contributed by atoms with E-state index in [4.69, 9.17) is 9.47 Å². The zero-order chi connectivity index (χ0) is 13.8. The van der Waals surface area contributed by atoms with Gasteiger partial charge in [-0.3, -0.25) is 4.79 Å². The van der Waals surface area contributed by atoms with E-state index in [1.165, 1.54) is 0 Å². The van der Waals surface area contributed by atoms with Crippen LogP contribution in [0.4, 0.5) is 0 Å². The van der Waals surface area contributed by atoms with Gasteiger partial charge in [-0.2, -0.15) is 0 Å². The molecule has 1 aliphatic rings. The van der Waals surface area contributed by atoms with Crippen LogP contribution in [-0.4, -0.2) is 42.2 Å². The number of hydrogen-bond donors (Lipinski definition) is 1. The fourth-order valence-corrected chi connectivity index (χ4v) is 2.13. The van der Waals surface area contributed by atoms with Crippen LogP contribution in [0.5, 0.6) is 11.5 Å². The van der Waals surface area contributed by atoms with Crippen molar-refractivity contribution in [1.82, 2.24) is 4.90 Å². The Hall–Kier alpha value is -1.75. The molecule has 1 aliphatic heterocycles. The van der Waals surface area contributed by atoms with Crippen molar-refractivity contribution < 1.29 is 19.4 Å². The largest absolute Gasteiger partial charge is 0.490 e. The van der Waals surface area contributed by atoms with Gasteiger partial charge in [-0.15, -0.1) is 0 Å². The summed E-state index contributed by atoms with van der Waals surface area (Å²) in [5.74, 6) is 1.01. The number of amides is 1. The minimum atomic E-state index is -0.489. The van der Waals surface area contributed by atoms with Crippen molar-refractivity contribution in [1.29, 1.82) is 0 Å². The van der Waals surface area contributed by atoms with E-state index in [0.29, 0.717) is 36.6 Å². The van der Waals surface area contributed by atoms with Crippen LogP contribution in [0.15, 0.2) is 18.2 Å². The molecule has 2 rings (SSSR count). The van der Waals surface area contributed by atoms with Crippen LogP contribution in [0.1, 0.15) is 18.9 Å². The lowest BCUT2D eigenvalue weighted by molar-refractivity contribution is -0.132. The van der Waals surface area contributed by atoms with Crippen LogP contribution in [0.25, 0.3) is 0 Å². The Morgan fingerprint density at radius 1 is 1.47 bits per heavy atom. The molecule has 0 aromatic heterocycles. The van der Waals surface area contributed by atoms with Gasteiger partial charge in [-0.05, 0) is 13.0 Å². The molecule has 0 saturated carbocycles. The first-order valence-electron chi connectivity index (χ1n) is 6.44. The van der Waals surface area contributed by atoms with Gasteiger partial charge in [0, 0.05) is 25.6 Å². The highest BCUT2D eigenvalue weighted by atomic mass is 16.5. The number of hydrogen-bond acceptors (Lipinski definition) is 4. The number of likely N-dealkylation sites (N-methyl/N-ethyl adjacent to an activating group) is 1. The highest BCUT2D eigenvalue weighted by molar-refractivity contribution is 5.83. The number of para-hydroxylation sites is 1. The molecule has 1 aromatic carbocycles. The molecule has 1 aromatic rings. The van der Waals surface area contributed by atoms with Crippen LogP contribution in [-0.2, 0) is 11.4 Å². The number of aliphatic hydroxyl groups is 1. The molecule has 1 atom stereocenters. The number of ether oxygens (including phenoxy) is 2. The van der Waals surface area contributed by atoms with Crippen LogP contribution in [0.3, 0.4) is 0 Å². The minimum Gasteiger partial charge on any atom is -0.490 e. The number of likely N-dealkylation sites (tertiary alicyclic amines) is 1. The molecule has 0 spiro atoms. The van der Waals surface area contributed by atoms with Crippen LogP contribution >= 0.6 is 0 Å². The quantitative estimate of drug-likeness (QED) is 0.868. The van der Waals surface area contributed by atoms with Gasteiger partial charge in [-0.1, -0.05) is 12.1 Å².